The van der Waals surface area contributed by atoms with E-state index in [4.69, 9.17) is 5.73 Å². The maximum absolute atomic E-state index is 11.6. The molecule has 0 aromatic heterocycles. The fourth-order valence-electron chi connectivity index (χ4n) is 5.19. The highest BCUT2D eigenvalue weighted by atomic mass is 16.3. The van der Waals surface area contributed by atoms with Gasteiger partial charge in [-0.25, -0.2) is 0 Å². The van der Waals surface area contributed by atoms with Crippen LogP contribution >= 0.6 is 0 Å². The lowest BCUT2D eigenvalue weighted by molar-refractivity contribution is -0.195. The second kappa shape index (κ2) is 5.96. The van der Waals surface area contributed by atoms with Gasteiger partial charge in [0.1, 0.15) is 0 Å². The Bertz CT molecular complexity index is 317. The SMILES string of the molecule is CCCC1CCC(CN)(C2(O)CCCCC2(C)C)CC1. The molecule has 0 saturated heterocycles. The largest absolute Gasteiger partial charge is 0.389 e. The number of nitrogens with two attached hydrogens (primary N) is 1. The van der Waals surface area contributed by atoms with Crippen LogP contribution in [0.25, 0.3) is 0 Å². The van der Waals surface area contributed by atoms with Gasteiger partial charge in [0.2, 0.25) is 0 Å². The number of hydrogen-bond acceptors (Lipinski definition) is 2. The Morgan fingerprint density at radius 2 is 1.65 bits per heavy atom. The van der Waals surface area contributed by atoms with Crippen molar-refractivity contribution in [3.05, 3.63) is 0 Å². The van der Waals surface area contributed by atoms with Crippen LogP contribution in [0.2, 0.25) is 0 Å². The van der Waals surface area contributed by atoms with Crippen molar-refractivity contribution in [3.63, 3.8) is 0 Å². The molecule has 0 aromatic rings. The first-order valence-corrected chi connectivity index (χ1v) is 8.83. The summed E-state index contributed by atoms with van der Waals surface area (Å²) in [6, 6.07) is 0. The molecule has 1 atom stereocenters. The van der Waals surface area contributed by atoms with Crippen molar-refractivity contribution in [2.75, 3.05) is 6.54 Å². The molecular weight excluding hydrogens is 246 g/mol. The summed E-state index contributed by atoms with van der Waals surface area (Å²) in [4.78, 5) is 0. The van der Waals surface area contributed by atoms with E-state index in [-0.39, 0.29) is 10.8 Å². The maximum Gasteiger partial charge on any atom is 0.0766 e. The zero-order chi connectivity index (χ0) is 14.9. The van der Waals surface area contributed by atoms with Crippen LogP contribution in [0.4, 0.5) is 0 Å². The van der Waals surface area contributed by atoms with Gasteiger partial charge in [-0.15, -0.1) is 0 Å². The van der Waals surface area contributed by atoms with E-state index < -0.39 is 5.60 Å². The third-order valence-electron chi connectivity index (χ3n) is 6.74. The highest BCUT2D eigenvalue weighted by Gasteiger charge is 2.58. The van der Waals surface area contributed by atoms with Gasteiger partial charge in [-0.1, -0.05) is 46.5 Å². The molecule has 3 N–H and O–H groups in total. The maximum atomic E-state index is 11.6. The van der Waals surface area contributed by atoms with Crippen molar-refractivity contribution < 1.29 is 5.11 Å². The molecule has 0 bridgehead atoms. The second-order valence-corrected chi connectivity index (χ2v) is 8.17. The normalized spacial score (nSPS) is 41.5. The second-order valence-electron chi connectivity index (χ2n) is 8.17. The summed E-state index contributed by atoms with van der Waals surface area (Å²) in [5, 5.41) is 11.6. The molecule has 2 aliphatic rings. The third-order valence-corrected chi connectivity index (χ3v) is 6.74. The van der Waals surface area contributed by atoms with Crippen LogP contribution in [0.5, 0.6) is 0 Å². The summed E-state index contributed by atoms with van der Waals surface area (Å²) in [5.74, 6) is 0.870. The van der Waals surface area contributed by atoms with Gasteiger partial charge in [0.05, 0.1) is 5.60 Å². The van der Waals surface area contributed by atoms with Crippen LogP contribution < -0.4 is 5.73 Å². The molecule has 2 nitrogen and oxygen atoms in total. The molecule has 0 aromatic carbocycles. The number of hydrogen-bond donors (Lipinski definition) is 2. The zero-order valence-electron chi connectivity index (χ0n) is 13.9. The summed E-state index contributed by atoms with van der Waals surface area (Å²) in [6.07, 6.45) is 12.0. The molecule has 0 spiro atoms. The van der Waals surface area contributed by atoms with Crippen molar-refractivity contribution in [2.45, 2.75) is 90.6 Å². The standard InChI is InChI=1S/C18H35NO/c1-4-7-15-8-12-17(14-19,13-9-15)18(20)11-6-5-10-16(18,2)3/h15,20H,4-14,19H2,1-3H3. The number of aliphatic hydroxyl groups is 1. The number of rotatable bonds is 4. The van der Waals surface area contributed by atoms with Crippen molar-refractivity contribution in [2.24, 2.45) is 22.5 Å². The van der Waals surface area contributed by atoms with Crippen LogP contribution in [0, 0.1) is 16.7 Å². The lowest BCUT2D eigenvalue weighted by atomic mass is 9.49. The molecule has 0 heterocycles. The first-order chi connectivity index (χ1) is 9.41. The Hall–Kier alpha value is -0.0800. The Labute approximate surface area is 125 Å². The smallest absolute Gasteiger partial charge is 0.0766 e. The van der Waals surface area contributed by atoms with Crippen LogP contribution in [0.15, 0.2) is 0 Å². The van der Waals surface area contributed by atoms with Crippen LogP contribution in [-0.2, 0) is 0 Å². The molecule has 118 valence electrons. The van der Waals surface area contributed by atoms with Gasteiger partial charge < -0.3 is 10.8 Å². The Balaban J connectivity index is 2.18. The Morgan fingerprint density at radius 3 is 2.15 bits per heavy atom. The fourth-order valence-corrected chi connectivity index (χ4v) is 5.19. The molecular formula is C18H35NO. The quantitative estimate of drug-likeness (QED) is 0.809. The summed E-state index contributed by atoms with van der Waals surface area (Å²) in [5.41, 5.74) is 5.67. The lowest BCUT2D eigenvalue weighted by Crippen LogP contribution is -2.62. The van der Waals surface area contributed by atoms with Crippen LogP contribution in [0.3, 0.4) is 0 Å². The van der Waals surface area contributed by atoms with E-state index >= 15 is 0 Å². The van der Waals surface area contributed by atoms with Crippen molar-refractivity contribution in [1.82, 2.24) is 0 Å². The van der Waals surface area contributed by atoms with Gasteiger partial charge in [0, 0.05) is 12.0 Å². The van der Waals surface area contributed by atoms with Gasteiger partial charge >= 0.3 is 0 Å². The highest BCUT2D eigenvalue weighted by Crippen LogP contribution is 2.58. The van der Waals surface area contributed by atoms with E-state index in [9.17, 15) is 5.11 Å². The molecule has 2 fully saturated rings. The fraction of sp³-hybridized carbons (Fsp3) is 1.00. The molecule has 20 heavy (non-hydrogen) atoms. The van der Waals surface area contributed by atoms with Crippen molar-refractivity contribution in [3.8, 4) is 0 Å². The van der Waals surface area contributed by atoms with Crippen LogP contribution in [-0.4, -0.2) is 17.3 Å². The van der Waals surface area contributed by atoms with Gasteiger partial charge in [-0.2, -0.15) is 0 Å². The molecule has 0 amide bonds. The average Bonchev–Trinajstić information content (AvgIpc) is 2.43. The molecule has 2 aliphatic carbocycles. The Kier molecular flexibility index (Phi) is 4.86. The molecule has 1 unspecified atom stereocenters. The summed E-state index contributed by atoms with van der Waals surface area (Å²) < 4.78 is 0. The van der Waals surface area contributed by atoms with Gasteiger partial charge in [-0.05, 0) is 49.9 Å². The van der Waals surface area contributed by atoms with E-state index in [2.05, 4.69) is 20.8 Å². The Morgan fingerprint density at radius 1 is 1.05 bits per heavy atom. The first-order valence-electron chi connectivity index (χ1n) is 8.83. The highest BCUT2D eigenvalue weighted by molar-refractivity contribution is 5.10. The summed E-state index contributed by atoms with van der Waals surface area (Å²) in [6.45, 7) is 7.47. The monoisotopic (exact) mass is 281 g/mol. The van der Waals surface area contributed by atoms with Gasteiger partial charge in [0.25, 0.3) is 0 Å². The minimum atomic E-state index is -0.551. The molecule has 2 rings (SSSR count). The van der Waals surface area contributed by atoms with Gasteiger partial charge in [-0.3, -0.25) is 0 Å². The van der Waals surface area contributed by atoms with E-state index in [1.165, 1.54) is 38.5 Å². The van der Waals surface area contributed by atoms with Gasteiger partial charge in [0.15, 0.2) is 0 Å². The minimum absolute atomic E-state index is 0.0161. The molecule has 2 saturated carbocycles. The zero-order valence-corrected chi connectivity index (χ0v) is 13.9. The summed E-state index contributed by atoms with van der Waals surface area (Å²) in [7, 11) is 0. The minimum Gasteiger partial charge on any atom is -0.389 e. The van der Waals surface area contributed by atoms with Crippen LogP contribution in [0.1, 0.15) is 85.0 Å². The molecule has 0 radical (unpaired) electrons. The van der Waals surface area contributed by atoms with E-state index in [1.54, 1.807) is 0 Å². The van der Waals surface area contributed by atoms with Crippen molar-refractivity contribution >= 4 is 0 Å². The van der Waals surface area contributed by atoms with Crippen molar-refractivity contribution in [1.29, 1.82) is 0 Å². The van der Waals surface area contributed by atoms with E-state index in [1.807, 2.05) is 0 Å². The summed E-state index contributed by atoms with van der Waals surface area (Å²) >= 11 is 0. The molecule has 2 heteroatoms. The predicted octanol–water partition coefficient (Wildman–Crippen LogP) is 4.25. The topological polar surface area (TPSA) is 46.2 Å². The average molecular weight is 281 g/mol. The lowest BCUT2D eigenvalue weighted by Gasteiger charge is -2.59. The van der Waals surface area contributed by atoms with E-state index in [0.29, 0.717) is 6.54 Å². The van der Waals surface area contributed by atoms with E-state index in [0.717, 1.165) is 31.6 Å². The third kappa shape index (κ3) is 2.54. The first kappa shape index (κ1) is 16.3. The molecule has 0 aliphatic heterocycles. The predicted molar refractivity (Wildman–Crippen MR) is 85.6 cm³/mol.